The van der Waals surface area contributed by atoms with Gasteiger partial charge in [-0.15, -0.1) is 0 Å². The summed E-state index contributed by atoms with van der Waals surface area (Å²) < 4.78 is 0. The molecule has 2 rings (SSSR count). The van der Waals surface area contributed by atoms with Crippen molar-refractivity contribution in [3.8, 4) is 0 Å². The molecule has 0 spiro atoms. The number of hydrogen-bond acceptors (Lipinski definition) is 6. The molecule has 0 aliphatic carbocycles. The van der Waals surface area contributed by atoms with Crippen LogP contribution in [0.15, 0.2) is 9.98 Å². The molecule has 6 N–H and O–H groups in total. The average Bonchev–Trinajstić information content (AvgIpc) is 2.54. The molecule has 2 fully saturated rings. The minimum absolute atomic E-state index is 0. The summed E-state index contributed by atoms with van der Waals surface area (Å²) in [6.07, 6.45) is 6.91. The van der Waals surface area contributed by atoms with Gasteiger partial charge in [-0.3, -0.25) is 9.98 Å². The Morgan fingerprint density at radius 1 is 0.677 bits per heavy atom. The molecule has 0 aromatic heterocycles. The standard InChI is InChI=1S/C20H38N4O2.2ClH.2H2O.Pt/c1-17(2)11-15(12-18(3,4)23(17)25)21-9-10-22-16-13-19(5,6)24(26)20(7,8)14-16;;;;;/h9-10,15-16,25-26H,11-14H2,1-8H3;2*1H;2*1H2;/q;;;;;+2/p-2. The normalized spacial score (nSPS) is 26.2. The van der Waals surface area contributed by atoms with Crippen LogP contribution in [-0.2, 0) is 16.5 Å². The summed E-state index contributed by atoms with van der Waals surface area (Å²) in [6.45, 7) is 16.4. The Bertz CT molecular complexity index is 518. The van der Waals surface area contributed by atoms with Crippen molar-refractivity contribution in [3.05, 3.63) is 0 Å². The van der Waals surface area contributed by atoms with Crippen LogP contribution in [0.2, 0.25) is 0 Å². The van der Waals surface area contributed by atoms with Gasteiger partial charge in [-0.05, 0) is 81.1 Å². The van der Waals surface area contributed by atoms with E-state index in [1.807, 2.05) is 12.4 Å². The van der Waals surface area contributed by atoms with Crippen LogP contribution in [0.1, 0.15) is 81.1 Å². The van der Waals surface area contributed by atoms with Crippen LogP contribution in [0, 0.1) is 0 Å². The van der Waals surface area contributed by atoms with E-state index in [-0.39, 0.29) is 45.2 Å². The first-order valence-corrected chi connectivity index (χ1v) is 15.6. The molecular weight excluding hydrogens is 626 g/mol. The van der Waals surface area contributed by atoms with Crippen LogP contribution in [0.3, 0.4) is 0 Å². The summed E-state index contributed by atoms with van der Waals surface area (Å²) in [5.41, 5.74) is -1.16. The van der Waals surface area contributed by atoms with E-state index in [0.717, 1.165) is 25.7 Å². The number of hydrogen-bond donors (Lipinski definition) is 2. The zero-order valence-electron chi connectivity index (χ0n) is 19.9. The van der Waals surface area contributed by atoms with Crippen LogP contribution in [0.25, 0.3) is 0 Å². The van der Waals surface area contributed by atoms with Crippen molar-refractivity contribution >= 4 is 31.3 Å². The summed E-state index contributed by atoms with van der Waals surface area (Å²) in [6, 6.07) is 0.365. The van der Waals surface area contributed by atoms with E-state index in [1.165, 1.54) is 10.1 Å². The SMILES string of the molecule is CC1(C)CC(N=CC=NC2CC(C)(C)N(O)C(C)(C)C2)CC(C)(C)N1O.O.O.[Cl][Pt][Cl]. The van der Waals surface area contributed by atoms with Crippen molar-refractivity contribution in [2.45, 2.75) is 115 Å². The van der Waals surface area contributed by atoms with Gasteiger partial charge in [0, 0.05) is 34.6 Å². The van der Waals surface area contributed by atoms with Crippen molar-refractivity contribution < 1.29 is 37.8 Å². The number of aliphatic imine (C=N–C) groups is 2. The third-order valence-corrected chi connectivity index (χ3v) is 5.89. The summed E-state index contributed by atoms with van der Waals surface area (Å²) in [5.74, 6) is 0. The molecule has 2 aliphatic rings. The molecule has 2 heterocycles. The van der Waals surface area contributed by atoms with Gasteiger partial charge in [-0.2, -0.15) is 10.1 Å². The summed E-state index contributed by atoms with van der Waals surface area (Å²) in [4.78, 5) is 9.42. The second-order valence-corrected chi connectivity index (χ2v) is 13.9. The Morgan fingerprint density at radius 3 is 1.06 bits per heavy atom. The first kappa shape index (κ1) is 33.5. The van der Waals surface area contributed by atoms with Crippen molar-refractivity contribution in [2.24, 2.45) is 9.98 Å². The fourth-order valence-corrected chi connectivity index (χ4v) is 4.97. The third kappa shape index (κ3) is 9.26. The molecule has 0 atom stereocenters. The molecule has 8 nitrogen and oxygen atoms in total. The molecule has 11 heteroatoms. The van der Waals surface area contributed by atoms with Gasteiger partial charge in [-0.1, -0.05) is 0 Å². The topological polar surface area (TPSA) is 135 Å². The van der Waals surface area contributed by atoms with Gasteiger partial charge in [0.05, 0.1) is 12.1 Å². The fourth-order valence-electron chi connectivity index (χ4n) is 4.97. The molecule has 190 valence electrons. The molecule has 0 aromatic carbocycles. The Kier molecular flexibility index (Phi) is 13.8. The van der Waals surface area contributed by atoms with Crippen molar-refractivity contribution in [3.63, 3.8) is 0 Å². The number of rotatable bonds is 3. The summed E-state index contributed by atoms with van der Waals surface area (Å²) in [7, 11) is 9.75. The second-order valence-electron chi connectivity index (χ2n) is 10.6. The van der Waals surface area contributed by atoms with Crippen LogP contribution >= 0.6 is 18.8 Å². The molecule has 0 unspecified atom stereocenters. The van der Waals surface area contributed by atoms with Gasteiger partial charge in [0.1, 0.15) is 0 Å². The molecule has 0 radical (unpaired) electrons. The fraction of sp³-hybridized carbons (Fsp3) is 0.900. The molecule has 0 saturated carbocycles. The Labute approximate surface area is 204 Å². The van der Waals surface area contributed by atoms with Crippen LogP contribution in [0.4, 0.5) is 0 Å². The predicted octanol–water partition coefficient (Wildman–Crippen LogP) is 3.68. The summed E-state index contributed by atoms with van der Waals surface area (Å²) in [5, 5.41) is 23.7. The summed E-state index contributed by atoms with van der Waals surface area (Å²) >= 11 is -0.472. The van der Waals surface area contributed by atoms with E-state index >= 15 is 0 Å². The molecule has 0 bridgehead atoms. The third-order valence-electron chi connectivity index (χ3n) is 5.89. The minimum atomic E-state index is -0.472. The van der Waals surface area contributed by atoms with Gasteiger partial charge in [0.15, 0.2) is 0 Å². The maximum atomic E-state index is 10.4. The Morgan fingerprint density at radius 2 is 0.871 bits per heavy atom. The Balaban J connectivity index is 0. The van der Waals surface area contributed by atoms with E-state index in [2.05, 4.69) is 55.4 Å². The van der Waals surface area contributed by atoms with E-state index in [1.54, 1.807) is 0 Å². The van der Waals surface area contributed by atoms with Gasteiger partial charge in [0.25, 0.3) is 0 Å². The predicted molar refractivity (Wildman–Crippen MR) is 126 cm³/mol. The number of hydroxylamine groups is 4. The van der Waals surface area contributed by atoms with Crippen LogP contribution in [-0.4, -0.2) is 78.2 Å². The first-order chi connectivity index (χ1) is 13.1. The number of nitrogens with zero attached hydrogens (tertiary/aromatic N) is 4. The van der Waals surface area contributed by atoms with Crippen LogP contribution < -0.4 is 0 Å². The number of piperidine rings is 2. The molecule has 2 aliphatic heterocycles. The van der Waals surface area contributed by atoms with Gasteiger partial charge >= 0.3 is 35.3 Å². The number of halogens is 2. The quantitative estimate of drug-likeness (QED) is 0.444. The molecule has 2 saturated heterocycles. The molecular formula is C20H42Cl2N4O4Pt. The monoisotopic (exact) mass is 667 g/mol. The van der Waals surface area contributed by atoms with Gasteiger partial charge < -0.3 is 21.4 Å². The maximum absolute atomic E-state index is 10.4. The zero-order valence-corrected chi connectivity index (χ0v) is 23.7. The van der Waals surface area contributed by atoms with Crippen molar-refractivity contribution in [2.75, 3.05) is 0 Å². The van der Waals surface area contributed by atoms with E-state index in [9.17, 15) is 10.4 Å². The molecule has 0 amide bonds. The van der Waals surface area contributed by atoms with Crippen molar-refractivity contribution in [1.82, 2.24) is 10.1 Å². The zero-order chi connectivity index (χ0) is 22.7. The molecule has 0 aromatic rings. The van der Waals surface area contributed by atoms with E-state index in [0.29, 0.717) is 0 Å². The Hall–Kier alpha value is 0.368. The van der Waals surface area contributed by atoms with Gasteiger partial charge in [-0.25, -0.2) is 0 Å². The molecule has 31 heavy (non-hydrogen) atoms. The van der Waals surface area contributed by atoms with Crippen molar-refractivity contribution in [1.29, 1.82) is 0 Å². The first-order valence-electron chi connectivity index (χ1n) is 9.95. The van der Waals surface area contributed by atoms with E-state index in [4.69, 9.17) is 28.8 Å². The van der Waals surface area contributed by atoms with Gasteiger partial charge in [0.2, 0.25) is 0 Å². The van der Waals surface area contributed by atoms with E-state index < -0.39 is 16.5 Å². The second kappa shape index (κ2) is 12.7. The van der Waals surface area contributed by atoms with Crippen LogP contribution in [0.5, 0.6) is 0 Å². The average molecular weight is 669 g/mol.